The van der Waals surface area contributed by atoms with Gasteiger partial charge in [-0.05, 0) is 97.5 Å². The van der Waals surface area contributed by atoms with Crippen molar-refractivity contribution in [2.45, 2.75) is 44.9 Å². The van der Waals surface area contributed by atoms with Gasteiger partial charge in [0.2, 0.25) is 0 Å². The Morgan fingerprint density at radius 1 is 0.745 bits per heavy atom. The minimum Gasteiger partial charge on any atom is -0.456 e. The molecule has 292 valence electrons. The summed E-state index contributed by atoms with van der Waals surface area (Å²) in [7, 11) is 3.34. The molecule has 1 heterocycles. The van der Waals surface area contributed by atoms with E-state index in [1.165, 1.54) is 17.3 Å². The van der Waals surface area contributed by atoms with Crippen LogP contribution in [0.3, 0.4) is 0 Å². The number of nitriles is 1. The second-order valence-electron chi connectivity index (χ2n) is 13.5. The van der Waals surface area contributed by atoms with Gasteiger partial charge in [0.25, 0.3) is 0 Å². The largest absolute Gasteiger partial charge is 0.456 e. The summed E-state index contributed by atoms with van der Waals surface area (Å²) in [5.41, 5.74) is 7.65. The van der Waals surface area contributed by atoms with Crippen LogP contribution in [0.4, 0.5) is 11.4 Å². The fraction of sp³-hybridized carbons (Fsp3) is 0.422. The van der Waals surface area contributed by atoms with Crippen molar-refractivity contribution < 1.29 is 28.5 Å². The zero-order valence-electron chi connectivity index (χ0n) is 33.0. The maximum atomic E-state index is 14.0. The van der Waals surface area contributed by atoms with Gasteiger partial charge >= 0.3 is 0 Å². The number of thiocyanates is 1. The van der Waals surface area contributed by atoms with E-state index in [1.807, 2.05) is 24.3 Å². The third-order valence-corrected chi connectivity index (χ3v) is 10.8. The Morgan fingerprint density at radius 2 is 1.35 bits per heavy atom. The zero-order valence-corrected chi connectivity index (χ0v) is 33.8. The molecule has 0 unspecified atom stereocenters. The highest BCUT2D eigenvalue weighted by Gasteiger charge is 2.29. The number of hydrogen-bond acceptors (Lipinski definition) is 10. The first-order chi connectivity index (χ1) is 26.9. The molecule has 0 atom stereocenters. The van der Waals surface area contributed by atoms with Gasteiger partial charge in [-0.3, -0.25) is 4.79 Å². The van der Waals surface area contributed by atoms with Crippen LogP contribution in [0.25, 0.3) is 5.57 Å². The molecule has 0 radical (unpaired) electrons. The summed E-state index contributed by atoms with van der Waals surface area (Å²) in [6.07, 6.45) is 8.79. The number of methoxy groups -OCH3 is 2. The predicted octanol–water partition coefficient (Wildman–Crippen LogP) is 8.87. The second kappa shape index (κ2) is 21.6. The molecule has 3 aromatic rings. The fourth-order valence-corrected chi connectivity index (χ4v) is 7.41. The Morgan fingerprint density at radius 3 is 1.87 bits per heavy atom. The minimum absolute atomic E-state index is 0.0174. The smallest absolute Gasteiger partial charge is 0.186 e. The van der Waals surface area contributed by atoms with Crippen molar-refractivity contribution in [3.8, 4) is 16.9 Å². The van der Waals surface area contributed by atoms with Crippen molar-refractivity contribution in [1.29, 1.82) is 5.26 Å². The van der Waals surface area contributed by atoms with Gasteiger partial charge < -0.3 is 33.5 Å². The highest BCUT2D eigenvalue weighted by Crippen LogP contribution is 2.48. The predicted molar refractivity (Wildman–Crippen MR) is 222 cm³/mol. The third kappa shape index (κ3) is 11.1. The van der Waals surface area contributed by atoms with E-state index in [-0.39, 0.29) is 5.78 Å². The SMILES string of the molecule is CCC(CC)C1=CC(=O)/C(=C2/c3ccc(N(CC)CCc4ccc(SC#N)cc4)cc3Oc3cc(N(CCOCCOC)CCOCCOC)ccc32)C=C1. The van der Waals surface area contributed by atoms with Crippen molar-refractivity contribution in [1.82, 2.24) is 0 Å². The number of fused-ring (bicyclic) bond motifs is 2. The molecular weight excluding hydrogens is 711 g/mol. The molecule has 5 rings (SSSR count). The van der Waals surface area contributed by atoms with E-state index in [4.69, 9.17) is 28.9 Å². The number of benzene rings is 3. The van der Waals surface area contributed by atoms with Crippen LogP contribution in [-0.4, -0.2) is 85.8 Å². The molecular formula is C45H55N3O6S. The van der Waals surface area contributed by atoms with E-state index >= 15 is 0 Å². The van der Waals surface area contributed by atoms with Crippen LogP contribution in [0.15, 0.2) is 94.9 Å². The van der Waals surface area contributed by atoms with Gasteiger partial charge in [0.05, 0.1) is 39.6 Å². The number of rotatable bonds is 22. The maximum absolute atomic E-state index is 14.0. The summed E-state index contributed by atoms with van der Waals surface area (Å²) in [4.78, 5) is 19.5. The summed E-state index contributed by atoms with van der Waals surface area (Å²) in [5.74, 6) is 1.78. The standard InChI is InChI=1S/C45H55N3O6S/c1-6-34(7-2)35-11-16-39(42(49)29-35)45-40-17-12-36(47(8-3)20-19-33-9-14-38(15-10-33)55-32-46)30-43(40)54-44-31-37(13-18-41(44)45)48(21-23-52-27-25-50-4)22-24-53-28-26-51-5/h9-18,29-31,34H,6-8,19-28H2,1-5H3/b45-39-. The molecule has 0 fully saturated rings. The number of ether oxygens (including phenoxy) is 5. The second-order valence-corrected chi connectivity index (χ2v) is 14.3. The zero-order chi connectivity index (χ0) is 39.0. The quantitative estimate of drug-likeness (QED) is 0.0334. The summed E-state index contributed by atoms with van der Waals surface area (Å²) in [5, 5.41) is 11.2. The van der Waals surface area contributed by atoms with E-state index in [1.54, 1.807) is 14.2 Å². The van der Waals surface area contributed by atoms with Gasteiger partial charge in [0, 0.05) is 91.1 Å². The fourth-order valence-electron chi connectivity index (χ4n) is 7.03. The number of thioether (sulfide) groups is 1. The first kappa shape index (κ1) is 41.8. The molecule has 1 aliphatic carbocycles. The molecule has 55 heavy (non-hydrogen) atoms. The summed E-state index contributed by atoms with van der Waals surface area (Å²) < 4.78 is 28.8. The van der Waals surface area contributed by atoms with Crippen LogP contribution in [-0.2, 0) is 30.2 Å². The first-order valence-electron chi connectivity index (χ1n) is 19.4. The lowest BCUT2D eigenvalue weighted by Gasteiger charge is -2.30. The Hall–Kier alpha value is -4.37. The van der Waals surface area contributed by atoms with E-state index in [9.17, 15) is 4.79 Å². The van der Waals surface area contributed by atoms with Crippen molar-refractivity contribution in [3.63, 3.8) is 0 Å². The third-order valence-electron chi connectivity index (χ3n) is 10.2. The molecule has 0 saturated heterocycles. The van der Waals surface area contributed by atoms with E-state index < -0.39 is 0 Å². The van der Waals surface area contributed by atoms with Crippen molar-refractivity contribution in [2.24, 2.45) is 5.92 Å². The average molecular weight is 766 g/mol. The van der Waals surface area contributed by atoms with Gasteiger partial charge in [0.15, 0.2) is 5.78 Å². The van der Waals surface area contributed by atoms with Crippen LogP contribution in [0.5, 0.6) is 11.5 Å². The highest BCUT2D eigenvalue weighted by atomic mass is 32.2. The average Bonchev–Trinajstić information content (AvgIpc) is 3.20. The molecule has 0 spiro atoms. The Bertz CT molecular complexity index is 1850. The van der Waals surface area contributed by atoms with E-state index in [0.717, 1.165) is 70.9 Å². The lowest BCUT2D eigenvalue weighted by Crippen LogP contribution is -2.31. The number of nitrogens with zero attached hydrogens (tertiary/aromatic N) is 3. The van der Waals surface area contributed by atoms with Gasteiger partial charge in [-0.25, -0.2) is 0 Å². The molecule has 9 nitrogen and oxygen atoms in total. The number of hydrogen-bond donors (Lipinski definition) is 0. The number of ketones is 1. The van der Waals surface area contributed by atoms with E-state index in [0.29, 0.717) is 75.7 Å². The molecule has 10 heteroatoms. The van der Waals surface area contributed by atoms with Gasteiger partial charge in [0.1, 0.15) is 16.9 Å². The Balaban J connectivity index is 1.49. The summed E-state index contributed by atoms with van der Waals surface area (Å²) >= 11 is 1.17. The number of anilines is 2. The molecule has 0 saturated carbocycles. The molecule has 2 aliphatic rings. The van der Waals surface area contributed by atoms with Crippen molar-refractivity contribution in [2.75, 3.05) is 89.8 Å². The molecule has 1 aliphatic heterocycles. The van der Waals surface area contributed by atoms with Crippen LogP contribution in [0, 0.1) is 16.6 Å². The van der Waals surface area contributed by atoms with Crippen LogP contribution >= 0.6 is 11.8 Å². The van der Waals surface area contributed by atoms with Gasteiger partial charge in [-0.1, -0.05) is 38.1 Å². The number of likely N-dealkylation sites (N-methyl/N-ethyl adjacent to an activating group) is 1. The molecule has 0 amide bonds. The molecule has 0 N–H and O–H groups in total. The lowest BCUT2D eigenvalue weighted by atomic mass is 9.83. The number of allylic oxidation sites excluding steroid dienone is 5. The molecule has 3 aromatic carbocycles. The van der Waals surface area contributed by atoms with Crippen LogP contribution in [0.1, 0.15) is 50.3 Å². The lowest BCUT2D eigenvalue weighted by molar-refractivity contribution is -0.111. The van der Waals surface area contributed by atoms with Crippen molar-refractivity contribution >= 4 is 34.5 Å². The molecule has 0 aromatic heterocycles. The summed E-state index contributed by atoms with van der Waals surface area (Å²) in [6.45, 7) is 12.6. The topological polar surface area (TPSA) is 93.5 Å². The number of carbonyl (C=O) groups is 1. The van der Waals surface area contributed by atoms with Gasteiger partial charge in [-0.15, -0.1) is 0 Å². The minimum atomic E-state index is 0.0174. The monoisotopic (exact) mass is 765 g/mol. The normalized spacial score (nSPS) is 14.6. The summed E-state index contributed by atoms with van der Waals surface area (Å²) in [6, 6.07) is 20.8. The Kier molecular flexibility index (Phi) is 16.4. The number of carbonyl (C=O) groups excluding carboxylic acids is 1. The maximum Gasteiger partial charge on any atom is 0.186 e. The van der Waals surface area contributed by atoms with Gasteiger partial charge in [-0.2, -0.15) is 5.26 Å². The highest BCUT2D eigenvalue weighted by molar-refractivity contribution is 8.03. The van der Waals surface area contributed by atoms with Crippen LogP contribution < -0.4 is 14.5 Å². The van der Waals surface area contributed by atoms with Crippen LogP contribution in [0.2, 0.25) is 0 Å². The molecule has 0 bridgehead atoms. The first-order valence-corrected chi connectivity index (χ1v) is 20.2. The van der Waals surface area contributed by atoms with E-state index in [2.05, 4.69) is 90.6 Å². The Labute approximate surface area is 331 Å². The van der Waals surface area contributed by atoms with Crippen molar-refractivity contribution in [3.05, 3.63) is 107 Å².